The maximum absolute atomic E-state index is 10.4. The van der Waals surface area contributed by atoms with E-state index in [-0.39, 0.29) is 6.10 Å². The number of hydrogen-bond donors (Lipinski definition) is 1. The molecule has 3 rings (SSSR count). The quantitative estimate of drug-likeness (QED) is 0.879. The molecule has 1 aliphatic carbocycles. The molecule has 0 spiro atoms. The normalized spacial score (nSPS) is 27.4. The third-order valence-corrected chi connectivity index (χ3v) is 4.69. The number of fused-ring (bicyclic) bond motifs is 1. The summed E-state index contributed by atoms with van der Waals surface area (Å²) in [5.41, 5.74) is 2.82. The minimum Gasteiger partial charge on any atom is -0.392 e. The zero-order valence-electron chi connectivity index (χ0n) is 11.6. The predicted molar refractivity (Wildman–Crippen MR) is 76.3 cm³/mol. The molecule has 0 radical (unpaired) electrons. The van der Waals surface area contributed by atoms with Gasteiger partial charge in [0.25, 0.3) is 0 Å². The van der Waals surface area contributed by atoms with E-state index in [0.717, 1.165) is 38.7 Å². The number of aliphatic hydroxyl groups excluding tert-OH is 1. The maximum Gasteiger partial charge on any atom is 0.0608 e. The lowest BCUT2D eigenvalue weighted by Crippen LogP contribution is -2.17. The van der Waals surface area contributed by atoms with Crippen LogP contribution in [0.25, 0.3) is 0 Å². The first-order valence-corrected chi connectivity index (χ1v) is 7.72. The fraction of sp³-hybridized carbons (Fsp3) is 0.647. The van der Waals surface area contributed by atoms with Gasteiger partial charge in [-0.05, 0) is 56.1 Å². The molecule has 1 aromatic carbocycles. The lowest BCUT2D eigenvalue weighted by molar-refractivity contribution is 0.0894. The van der Waals surface area contributed by atoms with Gasteiger partial charge in [-0.3, -0.25) is 0 Å². The highest BCUT2D eigenvalue weighted by molar-refractivity contribution is 5.35. The molecule has 104 valence electrons. The number of ether oxygens (including phenoxy) is 1. The van der Waals surface area contributed by atoms with Gasteiger partial charge in [0.1, 0.15) is 0 Å². The Balaban J connectivity index is 1.49. The number of hydrogen-bond acceptors (Lipinski definition) is 2. The number of aliphatic hydroxyl groups is 1. The van der Waals surface area contributed by atoms with Crippen LogP contribution in [0.5, 0.6) is 0 Å². The summed E-state index contributed by atoms with van der Waals surface area (Å²) in [6.45, 7) is 0.934. The van der Waals surface area contributed by atoms with Crippen LogP contribution in [0.15, 0.2) is 24.3 Å². The molecule has 1 aromatic rings. The van der Waals surface area contributed by atoms with Crippen molar-refractivity contribution in [2.45, 2.75) is 63.1 Å². The molecule has 1 saturated heterocycles. The van der Waals surface area contributed by atoms with Crippen molar-refractivity contribution in [3.63, 3.8) is 0 Å². The van der Waals surface area contributed by atoms with E-state index in [1.54, 1.807) is 0 Å². The van der Waals surface area contributed by atoms with Gasteiger partial charge in [0.05, 0.1) is 12.2 Å². The SMILES string of the molecule is OC(CCCC1CCCO1)C1CCc2ccccc21. The fourth-order valence-corrected chi connectivity index (χ4v) is 3.62. The first kappa shape index (κ1) is 13.1. The van der Waals surface area contributed by atoms with Crippen molar-refractivity contribution >= 4 is 0 Å². The monoisotopic (exact) mass is 260 g/mol. The van der Waals surface area contributed by atoms with E-state index in [1.807, 2.05) is 0 Å². The molecule has 2 heteroatoms. The molecular weight excluding hydrogens is 236 g/mol. The summed E-state index contributed by atoms with van der Waals surface area (Å²) in [4.78, 5) is 0. The van der Waals surface area contributed by atoms with Gasteiger partial charge in [0.15, 0.2) is 0 Å². The highest BCUT2D eigenvalue weighted by atomic mass is 16.5. The van der Waals surface area contributed by atoms with Crippen molar-refractivity contribution in [3.8, 4) is 0 Å². The van der Waals surface area contributed by atoms with Gasteiger partial charge in [-0.15, -0.1) is 0 Å². The second-order valence-corrected chi connectivity index (χ2v) is 5.98. The molecule has 2 aliphatic rings. The standard InChI is InChI=1S/C17H24O2/c18-17(9-3-6-14-7-4-12-19-14)16-11-10-13-5-1-2-8-15(13)16/h1-2,5,8,14,16-18H,3-4,6-7,9-12H2. The van der Waals surface area contributed by atoms with Gasteiger partial charge in [0, 0.05) is 12.5 Å². The van der Waals surface area contributed by atoms with E-state index in [0.29, 0.717) is 12.0 Å². The molecular formula is C17H24O2. The molecule has 3 unspecified atom stereocenters. The molecule has 0 aromatic heterocycles. The van der Waals surface area contributed by atoms with E-state index in [1.165, 1.54) is 24.0 Å². The van der Waals surface area contributed by atoms with Crippen LogP contribution >= 0.6 is 0 Å². The third-order valence-electron chi connectivity index (χ3n) is 4.69. The molecule has 0 saturated carbocycles. The highest BCUT2D eigenvalue weighted by Gasteiger charge is 2.28. The molecule has 1 N–H and O–H groups in total. The molecule has 1 aliphatic heterocycles. The van der Waals surface area contributed by atoms with E-state index in [2.05, 4.69) is 24.3 Å². The highest BCUT2D eigenvalue weighted by Crippen LogP contribution is 2.36. The van der Waals surface area contributed by atoms with Crippen LogP contribution in [0.2, 0.25) is 0 Å². The average molecular weight is 260 g/mol. The summed E-state index contributed by atoms with van der Waals surface area (Å²) in [6, 6.07) is 8.59. The first-order valence-electron chi connectivity index (χ1n) is 7.72. The molecule has 2 nitrogen and oxygen atoms in total. The summed E-state index contributed by atoms with van der Waals surface area (Å²) in [5, 5.41) is 10.4. The van der Waals surface area contributed by atoms with Crippen LogP contribution in [-0.4, -0.2) is 23.9 Å². The summed E-state index contributed by atoms with van der Waals surface area (Å²) in [6.07, 6.45) is 8.07. The van der Waals surface area contributed by atoms with Gasteiger partial charge in [-0.2, -0.15) is 0 Å². The second-order valence-electron chi connectivity index (χ2n) is 5.98. The van der Waals surface area contributed by atoms with Crippen LogP contribution in [0.1, 0.15) is 55.6 Å². The lowest BCUT2D eigenvalue weighted by atomic mass is 9.91. The summed E-state index contributed by atoms with van der Waals surface area (Å²) in [7, 11) is 0. The van der Waals surface area contributed by atoms with Crippen LogP contribution in [0.3, 0.4) is 0 Å². The number of aryl methyl sites for hydroxylation is 1. The smallest absolute Gasteiger partial charge is 0.0608 e. The molecule has 19 heavy (non-hydrogen) atoms. The van der Waals surface area contributed by atoms with Crippen LogP contribution in [-0.2, 0) is 11.2 Å². The van der Waals surface area contributed by atoms with Crippen LogP contribution in [0, 0.1) is 0 Å². The van der Waals surface area contributed by atoms with Crippen molar-refractivity contribution in [1.82, 2.24) is 0 Å². The maximum atomic E-state index is 10.4. The number of rotatable bonds is 5. The van der Waals surface area contributed by atoms with Gasteiger partial charge in [-0.1, -0.05) is 24.3 Å². The predicted octanol–water partition coefficient (Wildman–Crippen LogP) is 3.43. The fourth-order valence-electron chi connectivity index (χ4n) is 3.62. The van der Waals surface area contributed by atoms with Crippen molar-refractivity contribution in [1.29, 1.82) is 0 Å². The first-order chi connectivity index (χ1) is 9.34. The summed E-state index contributed by atoms with van der Waals surface area (Å²) >= 11 is 0. The van der Waals surface area contributed by atoms with Crippen molar-refractivity contribution in [2.24, 2.45) is 0 Å². The molecule has 3 atom stereocenters. The second kappa shape index (κ2) is 6.06. The van der Waals surface area contributed by atoms with E-state index in [4.69, 9.17) is 4.74 Å². The number of benzene rings is 1. The molecule has 0 amide bonds. The van der Waals surface area contributed by atoms with Crippen molar-refractivity contribution in [3.05, 3.63) is 35.4 Å². The van der Waals surface area contributed by atoms with E-state index in [9.17, 15) is 5.11 Å². The van der Waals surface area contributed by atoms with Gasteiger partial charge < -0.3 is 9.84 Å². The Kier molecular flexibility index (Phi) is 4.19. The zero-order chi connectivity index (χ0) is 13.1. The Labute approximate surface area is 115 Å². The summed E-state index contributed by atoms with van der Waals surface area (Å²) in [5.74, 6) is 0.362. The summed E-state index contributed by atoms with van der Waals surface area (Å²) < 4.78 is 5.63. The minimum absolute atomic E-state index is 0.176. The largest absolute Gasteiger partial charge is 0.392 e. The Bertz CT molecular complexity index is 409. The Morgan fingerprint density at radius 2 is 2.16 bits per heavy atom. The Hall–Kier alpha value is -0.860. The van der Waals surface area contributed by atoms with Gasteiger partial charge in [0.2, 0.25) is 0 Å². The average Bonchev–Trinajstić information content (AvgIpc) is 3.07. The van der Waals surface area contributed by atoms with E-state index < -0.39 is 0 Å². The topological polar surface area (TPSA) is 29.5 Å². The van der Waals surface area contributed by atoms with E-state index >= 15 is 0 Å². The minimum atomic E-state index is -0.176. The van der Waals surface area contributed by atoms with Gasteiger partial charge in [-0.25, -0.2) is 0 Å². The van der Waals surface area contributed by atoms with Gasteiger partial charge >= 0.3 is 0 Å². The zero-order valence-corrected chi connectivity index (χ0v) is 11.6. The molecule has 1 fully saturated rings. The molecule has 1 heterocycles. The molecule has 0 bridgehead atoms. The lowest BCUT2D eigenvalue weighted by Gasteiger charge is -2.20. The van der Waals surface area contributed by atoms with Crippen molar-refractivity contribution < 1.29 is 9.84 Å². The third kappa shape index (κ3) is 3.01. The van der Waals surface area contributed by atoms with Crippen LogP contribution < -0.4 is 0 Å². The van der Waals surface area contributed by atoms with Crippen LogP contribution in [0.4, 0.5) is 0 Å². The Morgan fingerprint density at radius 3 is 3.00 bits per heavy atom. The van der Waals surface area contributed by atoms with Crippen molar-refractivity contribution in [2.75, 3.05) is 6.61 Å². The Morgan fingerprint density at radius 1 is 1.26 bits per heavy atom.